The molecule has 156 valence electrons. The Labute approximate surface area is 167 Å². The second kappa shape index (κ2) is 9.97. The van der Waals surface area contributed by atoms with Crippen LogP contribution in [-0.4, -0.2) is 0 Å². The van der Waals surface area contributed by atoms with Gasteiger partial charge in [-0.2, -0.15) is 0 Å². The highest BCUT2D eigenvalue weighted by molar-refractivity contribution is 4.82. The van der Waals surface area contributed by atoms with Gasteiger partial charge in [0.2, 0.25) is 0 Å². The van der Waals surface area contributed by atoms with Gasteiger partial charge in [0.25, 0.3) is 0 Å². The van der Waals surface area contributed by atoms with Crippen LogP contribution in [0.2, 0.25) is 0 Å². The molecule has 0 amide bonds. The van der Waals surface area contributed by atoms with E-state index in [9.17, 15) is 0 Å². The summed E-state index contributed by atoms with van der Waals surface area (Å²) in [7, 11) is 0. The minimum Gasteiger partial charge on any atom is -0.0599 e. The van der Waals surface area contributed by atoms with Crippen molar-refractivity contribution in [2.75, 3.05) is 0 Å². The first-order valence-electron chi connectivity index (χ1n) is 11.8. The maximum absolute atomic E-state index is 2.38. The third kappa shape index (κ3) is 12.4. The van der Waals surface area contributed by atoms with Crippen LogP contribution in [0.5, 0.6) is 0 Å². The van der Waals surface area contributed by atoms with E-state index in [2.05, 4.69) is 55.4 Å². The lowest BCUT2D eigenvalue weighted by Crippen LogP contribution is -2.20. The van der Waals surface area contributed by atoms with Gasteiger partial charge in [0, 0.05) is 0 Å². The third-order valence-corrected chi connectivity index (χ3v) is 7.12. The van der Waals surface area contributed by atoms with Gasteiger partial charge < -0.3 is 0 Å². The fourth-order valence-electron chi connectivity index (χ4n) is 3.97. The summed E-state index contributed by atoms with van der Waals surface area (Å²) in [6.07, 6.45) is 20.4. The van der Waals surface area contributed by atoms with Crippen LogP contribution < -0.4 is 0 Å². The van der Waals surface area contributed by atoms with Crippen molar-refractivity contribution in [2.45, 2.75) is 145 Å². The first kappa shape index (κ1) is 24.0. The Balaban J connectivity index is 0.000000176. The van der Waals surface area contributed by atoms with E-state index in [1.807, 2.05) is 0 Å². The molecule has 0 bridgehead atoms. The van der Waals surface area contributed by atoms with E-state index in [0.29, 0.717) is 10.8 Å². The molecule has 0 radical (unpaired) electrons. The van der Waals surface area contributed by atoms with Gasteiger partial charge in [-0.15, -0.1) is 0 Å². The summed E-state index contributed by atoms with van der Waals surface area (Å²) in [4.78, 5) is 0. The highest BCUT2D eigenvalue weighted by Gasteiger charge is 2.30. The Morgan fingerprint density at radius 2 is 0.462 bits per heavy atom. The van der Waals surface area contributed by atoms with Crippen LogP contribution in [0.3, 0.4) is 0 Å². The second-order valence-electron chi connectivity index (χ2n) is 12.8. The predicted molar refractivity (Wildman–Crippen MR) is 120 cm³/mol. The Morgan fingerprint density at radius 3 is 0.538 bits per heavy atom. The molecule has 0 nitrogen and oxygen atoms in total. The molecule has 4 saturated carbocycles. The molecule has 4 aliphatic carbocycles. The Morgan fingerprint density at radius 1 is 0.269 bits per heavy atom. The molecular weight excluding hydrogens is 312 g/mol. The minimum absolute atomic E-state index is 0.679. The average Bonchev–Trinajstić information content (AvgIpc) is 3.03. The first-order chi connectivity index (χ1) is 11.8. The molecule has 4 rings (SSSR count). The van der Waals surface area contributed by atoms with Crippen molar-refractivity contribution in [3.8, 4) is 0 Å². The van der Waals surface area contributed by atoms with Gasteiger partial charge >= 0.3 is 0 Å². The van der Waals surface area contributed by atoms with Crippen LogP contribution in [0.1, 0.15) is 145 Å². The summed E-state index contributed by atoms with van der Waals surface area (Å²) >= 11 is 0. The molecule has 0 aliphatic heterocycles. The van der Waals surface area contributed by atoms with Gasteiger partial charge in [0.1, 0.15) is 0 Å². The maximum Gasteiger partial charge on any atom is -0.0354 e. The summed E-state index contributed by atoms with van der Waals surface area (Å²) in [5.41, 5.74) is 2.85. The minimum atomic E-state index is 0.679. The quantitative estimate of drug-likeness (QED) is 0.401. The molecule has 0 aromatic heterocycles. The van der Waals surface area contributed by atoms with Crippen LogP contribution in [0.4, 0.5) is 0 Å². The van der Waals surface area contributed by atoms with E-state index in [1.54, 1.807) is 0 Å². The smallest absolute Gasteiger partial charge is 0.0354 e. The molecule has 0 heterocycles. The zero-order chi connectivity index (χ0) is 19.9. The van der Waals surface area contributed by atoms with E-state index in [1.165, 1.54) is 89.9 Å². The van der Waals surface area contributed by atoms with Gasteiger partial charge in [-0.3, -0.25) is 0 Å². The summed E-state index contributed by atoms with van der Waals surface area (Å²) in [6, 6.07) is 0. The van der Waals surface area contributed by atoms with Gasteiger partial charge in [0.05, 0.1) is 0 Å². The molecular formula is C26H52. The summed E-state index contributed by atoms with van der Waals surface area (Å²) in [5, 5.41) is 0. The molecule has 26 heavy (non-hydrogen) atoms. The van der Waals surface area contributed by atoms with E-state index < -0.39 is 0 Å². The highest BCUT2D eigenvalue weighted by Crippen LogP contribution is 2.43. The Bertz CT molecular complexity index is 355. The van der Waals surface area contributed by atoms with Gasteiger partial charge in [-0.25, -0.2) is 0 Å². The zero-order valence-corrected chi connectivity index (χ0v) is 19.9. The Hall–Kier alpha value is 0. The standard InChI is InChI=1S/C8H16.C7H14.C6H12.C5H10/c1-8(2)6-4-3-5-7-8;1-7(2)5-3-4-6-7;1-6(2)4-3-5-6;1-5(2)3-4-5/h3-7H2,1-2H3;3-6H2,1-2H3;3-5H2,1-2H3;3-4H2,1-2H3. The topological polar surface area (TPSA) is 0 Å². The van der Waals surface area contributed by atoms with Crippen LogP contribution in [-0.2, 0) is 0 Å². The Kier molecular flexibility index (Phi) is 9.22. The monoisotopic (exact) mass is 364 g/mol. The lowest BCUT2D eigenvalue weighted by Gasteiger charge is -2.33. The molecule has 0 heteroatoms. The summed E-state index contributed by atoms with van der Waals surface area (Å²) in [6.45, 7) is 18.7. The fraction of sp³-hybridized carbons (Fsp3) is 1.00. The lowest BCUT2D eigenvalue weighted by atomic mass is 9.72. The molecule has 4 fully saturated rings. The van der Waals surface area contributed by atoms with Crippen molar-refractivity contribution in [2.24, 2.45) is 21.7 Å². The zero-order valence-electron chi connectivity index (χ0n) is 19.9. The van der Waals surface area contributed by atoms with Crippen LogP contribution >= 0.6 is 0 Å². The number of hydrogen-bond acceptors (Lipinski definition) is 0. The predicted octanol–water partition coefficient (Wildman–Crippen LogP) is 9.57. The fourth-order valence-corrected chi connectivity index (χ4v) is 3.97. The number of hydrogen-bond donors (Lipinski definition) is 0. The summed E-state index contributed by atoms with van der Waals surface area (Å²) in [5.74, 6) is 0. The van der Waals surface area contributed by atoms with Gasteiger partial charge in [-0.1, -0.05) is 93.9 Å². The maximum atomic E-state index is 2.38. The van der Waals surface area contributed by atoms with Gasteiger partial charge in [-0.05, 0) is 73.0 Å². The largest absolute Gasteiger partial charge is 0.0599 e. The molecule has 0 saturated heterocycles. The van der Waals surface area contributed by atoms with Crippen LogP contribution in [0, 0.1) is 21.7 Å². The third-order valence-electron chi connectivity index (χ3n) is 7.12. The molecule has 0 spiro atoms. The molecule has 0 unspecified atom stereocenters. The van der Waals surface area contributed by atoms with E-state index in [-0.39, 0.29) is 0 Å². The molecule has 0 atom stereocenters. The first-order valence-corrected chi connectivity index (χ1v) is 11.8. The molecule has 0 N–H and O–H groups in total. The van der Waals surface area contributed by atoms with Crippen molar-refractivity contribution in [1.82, 2.24) is 0 Å². The lowest BCUT2D eigenvalue weighted by molar-refractivity contribution is 0.190. The van der Waals surface area contributed by atoms with Crippen molar-refractivity contribution in [3.63, 3.8) is 0 Å². The van der Waals surface area contributed by atoms with Crippen LogP contribution in [0.25, 0.3) is 0 Å². The molecule has 0 aromatic carbocycles. The highest BCUT2D eigenvalue weighted by atomic mass is 14.4. The van der Waals surface area contributed by atoms with Crippen molar-refractivity contribution >= 4 is 0 Å². The van der Waals surface area contributed by atoms with Crippen molar-refractivity contribution in [3.05, 3.63) is 0 Å². The number of rotatable bonds is 0. The van der Waals surface area contributed by atoms with Crippen LogP contribution in [0.15, 0.2) is 0 Å². The average molecular weight is 365 g/mol. The van der Waals surface area contributed by atoms with E-state index in [4.69, 9.17) is 0 Å². The van der Waals surface area contributed by atoms with E-state index >= 15 is 0 Å². The summed E-state index contributed by atoms with van der Waals surface area (Å²) < 4.78 is 0. The molecule has 4 aliphatic rings. The van der Waals surface area contributed by atoms with E-state index in [0.717, 1.165) is 10.8 Å². The molecule has 0 aromatic rings. The van der Waals surface area contributed by atoms with Crippen molar-refractivity contribution in [1.29, 1.82) is 0 Å². The normalized spacial score (nSPS) is 28.6. The van der Waals surface area contributed by atoms with Gasteiger partial charge in [0.15, 0.2) is 0 Å². The van der Waals surface area contributed by atoms with Crippen molar-refractivity contribution < 1.29 is 0 Å². The SMILES string of the molecule is CC1(C)CC1.CC1(C)CCC1.CC1(C)CCCC1.CC1(C)CCCCC1. The second-order valence-corrected chi connectivity index (χ2v) is 12.8.